The summed E-state index contributed by atoms with van der Waals surface area (Å²) in [6, 6.07) is 6.78. The van der Waals surface area contributed by atoms with Gasteiger partial charge in [-0.3, -0.25) is 0 Å². The van der Waals surface area contributed by atoms with E-state index in [4.69, 9.17) is 5.11 Å². The lowest BCUT2D eigenvalue weighted by Gasteiger charge is -2.20. The molecule has 0 bridgehead atoms. The van der Waals surface area contributed by atoms with Crippen LogP contribution in [0.1, 0.15) is 37.3 Å². The zero-order valence-electron chi connectivity index (χ0n) is 11.6. The monoisotopic (exact) mass is 276 g/mol. The second-order valence-electron chi connectivity index (χ2n) is 5.11. The molecule has 0 fully saturated rings. The van der Waals surface area contributed by atoms with Crippen molar-refractivity contribution in [2.24, 2.45) is 0 Å². The summed E-state index contributed by atoms with van der Waals surface area (Å²) in [5.74, 6) is -0.969. The average molecular weight is 276 g/mol. The molecule has 5 nitrogen and oxygen atoms in total. The van der Waals surface area contributed by atoms with Gasteiger partial charge in [-0.05, 0) is 17.5 Å². The summed E-state index contributed by atoms with van der Waals surface area (Å²) in [5, 5.41) is 11.7. The molecule has 1 aliphatic rings. The number of hydrogen-bond acceptors (Lipinski definition) is 2. The Labute approximate surface area is 118 Å². The molecule has 1 aromatic rings. The number of fused-ring (bicyclic) bond motifs is 1. The van der Waals surface area contributed by atoms with Gasteiger partial charge in [-0.2, -0.15) is 0 Å². The zero-order chi connectivity index (χ0) is 14.5. The maximum Gasteiger partial charge on any atom is 0.326 e. The van der Waals surface area contributed by atoms with Crippen molar-refractivity contribution in [2.45, 2.75) is 45.3 Å². The van der Waals surface area contributed by atoms with Crippen LogP contribution < -0.4 is 5.32 Å². The molecule has 0 aliphatic carbocycles. The smallest absolute Gasteiger partial charge is 0.326 e. The molecule has 2 rings (SSSR count). The Balaban J connectivity index is 1.94. The average Bonchev–Trinajstić information content (AvgIpc) is 2.86. The van der Waals surface area contributed by atoms with E-state index in [1.807, 2.05) is 31.2 Å². The number of unbranched alkanes of at least 4 members (excludes halogenated alkanes) is 1. The third-order valence-electron chi connectivity index (χ3n) is 3.57. The molecule has 1 aromatic carbocycles. The van der Waals surface area contributed by atoms with Gasteiger partial charge in [-0.25, -0.2) is 9.59 Å². The third kappa shape index (κ3) is 3.29. The number of carboxylic acids is 1. The molecule has 0 saturated carbocycles. The van der Waals surface area contributed by atoms with Gasteiger partial charge in [0.05, 0.1) is 0 Å². The lowest BCUT2D eigenvalue weighted by molar-refractivity contribution is -0.139. The van der Waals surface area contributed by atoms with Crippen LogP contribution in [0.4, 0.5) is 4.79 Å². The fourth-order valence-electron chi connectivity index (χ4n) is 2.38. The van der Waals surface area contributed by atoms with E-state index in [1.165, 1.54) is 0 Å². The van der Waals surface area contributed by atoms with Crippen LogP contribution in [0.2, 0.25) is 0 Å². The summed E-state index contributed by atoms with van der Waals surface area (Å²) in [6.07, 6.45) is 2.17. The van der Waals surface area contributed by atoms with Gasteiger partial charge < -0.3 is 15.3 Å². The Morgan fingerprint density at radius 3 is 2.40 bits per heavy atom. The van der Waals surface area contributed by atoms with Gasteiger partial charge >= 0.3 is 12.0 Å². The largest absolute Gasteiger partial charge is 0.480 e. The lowest BCUT2D eigenvalue weighted by Crippen LogP contribution is -2.46. The van der Waals surface area contributed by atoms with Crippen LogP contribution in [0.25, 0.3) is 0 Å². The third-order valence-corrected chi connectivity index (χ3v) is 3.57. The Morgan fingerprint density at radius 2 is 1.90 bits per heavy atom. The summed E-state index contributed by atoms with van der Waals surface area (Å²) in [6.45, 7) is 3.09. The van der Waals surface area contributed by atoms with Gasteiger partial charge in [0, 0.05) is 13.1 Å². The van der Waals surface area contributed by atoms with Crippen LogP contribution in [-0.2, 0) is 17.9 Å². The maximum atomic E-state index is 12.1. The van der Waals surface area contributed by atoms with Crippen molar-refractivity contribution in [2.75, 3.05) is 0 Å². The summed E-state index contributed by atoms with van der Waals surface area (Å²) in [4.78, 5) is 24.9. The molecule has 1 aliphatic heterocycles. The number of hydrogen-bond donors (Lipinski definition) is 2. The van der Waals surface area contributed by atoms with E-state index >= 15 is 0 Å². The van der Waals surface area contributed by atoms with Crippen LogP contribution >= 0.6 is 0 Å². The molecule has 1 atom stereocenters. The van der Waals surface area contributed by atoms with Crippen LogP contribution in [0, 0.1) is 0 Å². The lowest BCUT2D eigenvalue weighted by atomic mass is 10.1. The van der Waals surface area contributed by atoms with Crippen molar-refractivity contribution in [1.82, 2.24) is 10.2 Å². The maximum absolute atomic E-state index is 12.1. The number of benzene rings is 1. The summed E-state index contributed by atoms with van der Waals surface area (Å²) < 4.78 is 0. The first kappa shape index (κ1) is 14.4. The minimum absolute atomic E-state index is 0.301. The Bertz CT molecular complexity index is 477. The molecule has 0 spiro atoms. The SMILES string of the molecule is CCCC[C@H](NC(=O)N1Cc2ccccc2C1)C(=O)O. The highest BCUT2D eigenvalue weighted by atomic mass is 16.4. The minimum atomic E-state index is -0.969. The van der Waals surface area contributed by atoms with Gasteiger partial charge in [0.25, 0.3) is 0 Å². The van der Waals surface area contributed by atoms with Crippen molar-refractivity contribution < 1.29 is 14.7 Å². The highest BCUT2D eigenvalue weighted by Crippen LogP contribution is 2.22. The van der Waals surface area contributed by atoms with Crippen LogP contribution in [0.15, 0.2) is 24.3 Å². The first-order valence-electron chi connectivity index (χ1n) is 6.97. The molecular weight excluding hydrogens is 256 g/mol. The van der Waals surface area contributed by atoms with E-state index in [9.17, 15) is 9.59 Å². The van der Waals surface area contributed by atoms with Crippen molar-refractivity contribution in [3.63, 3.8) is 0 Å². The zero-order valence-corrected chi connectivity index (χ0v) is 11.6. The van der Waals surface area contributed by atoms with E-state index in [1.54, 1.807) is 4.90 Å². The fraction of sp³-hybridized carbons (Fsp3) is 0.467. The van der Waals surface area contributed by atoms with E-state index in [0.29, 0.717) is 19.5 Å². The number of nitrogens with zero attached hydrogens (tertiary/aromatic N) is 1. The first-order chi connectivity index (χ1) is 9.61. The second kappa shape index (κ2) is 6.41. The molecule has 1 heterocycles. The van der Waals surface area contributed by atoms with Gasteiger partial charge in [0.2, 0.25) is 0 Å². The minimum Gasteiger partial charge on any atom is -0.480 e. The van der Waals surface area contributed by atoms with Gasteiger partial charge in [0.15, 0.2) is 0 Å². The molecule has 0 radical (unpaired) electrons. The van der Waals surface area contributed by atoms with Gasteiger partial charge in [0.1, 0.15) is 6.04 Å². The molecule has 0 unspecified atom stereocenters. The Kier molecular flexibility index (Phi) is 4.61. The summed E-state index contributed by atoms with van der Waals surface area (Å²) >= 11 is 0. The van der Waals surface area contributed by atoms with Crippen LogP contribution in [0.3, 0.4) is 0 Å². The molecule has 2 N–H and O–H groups in total. The highest BCUT2D eigenvalue weighted by molar-refractivity contribution is 5.82. The van der Waals surface area contributed by atoms with E-state index in [0.717, 1.165) is 24.0 Å². The predicted molar refractivity (Wildman–Crippen MR) is 75.2 cm³/mol. The number of carbonyl (C=O) groups is 2. The number of urea groups is 1. The van der Waals surface area contributed by atoms with E-state index in [2.05, 4.69) is 5.32 Å². The molecule has 20 heavy (non-hydrogen) atoms. The molecular formula is C15H20N2O3. The van der Waals surface area contributed by atoms with Crippen LogP contribution in [0.5, 0.6) is 0 Å². The Hall–Kier alpha value is -2.04. The number of nitrogens with one attached hydrogen (secondary N) is 1. The van der Waals surface area contributed by atoms with Crippen LogP contribution in [-0.4, -0.2) is 28.0 Å². The van der Waals surface area contributed by atoms with Crippen molar-refractivity contribution in [3.8, 4) is 0 Å². The van der Waals surface area contributed by atoms with Gasteiger partial charge in [-0.15, -0.1) is 0 Å². The molecule has 0 saturated heterocycles. The predicted octanol–water partition coefficient (Wildman–Crippen LogP) is 2.36. The normalized spacial score (nSPS) is 14.8. The van der Waals surface area contributed by atoms with E-state index < -0.39 is 12.0 Å². The highest BCUT2D eigenvalue weighted by Gasteiger charge is 2.26. The standard InChI is InChI=1S/C15H20N2O3/c1-2-3-8-13(14(18)19)16-15(20)17-9-11-6-4-5-7-12(11)10-17/h4-7,13H,2-3,8-10H2,1H3,(H,16,20)(H,18,19)/t13-/m0/s1. The Morgan fingerprint density at radius 1 is 1.30 bits per heavy atom. The topological polar surface area (TPSA) is 69.6 Å². The fourth-order valence-corrected chi connectivity index (χ4v) is 2.38. The van der Waals surface area contributed by atoms with Gasteiger partial charge in [-0.1, -0.05) is 44.0 Å². The van der Waals surface area contributed by atoms with Crippen molar-refractivity contribution >= 4 is 12.0 Å². The number of carboxylic acid groups (broad SMARTS) is 1. The molecule has 2 amide bonds. The molecule has 108 valence electrons. The first-order valence-corrected chi connectivity index (χ1v) is 6.97. The number of amides is 2. The quantitative estimate of drug-likeness (QED) is 0.867. The summed E-state index contributed by atoms with van der Waals surface area (Å²) in [5.41, 5.74) is 2.26. The van der Waals surface area contributed by atoms with Crippen molar-refractivity contribution in [3.05, 3.63) is 35.4 Å². The molecule has 5 heteroatoms. The number of carbonyl (C=O) groups excluding carboxylic acids is 1. The van der Waals surface area contributed by atoms with Crippen molar-refractivity contribution in [1.29, 1.82) is 0 Å². The number of aliphatic carboxylic acids is 1. The molecule has 0 aromatic heterocycles. The van der Waals surface area contributed by atoms with E-state index in [-0.39, 0.29) is 6.03 Å². The second-order valence-corrected chi connectivity index (χ2v) is 5.11. The summed E-state index contributed by atoms with van der Waals surface area (Å²) in [7, 11) is 0. The number of rotatable bonds is 5.